The van der Waals surface area contributed by atoms with E-state index in [1.54, 1.807) is 0 Å². The van der Waals surface area contributed by atoms with Gasteiger partial charge in [-0.2, -0.15) is 8.42 Å². The molecular weight excluding hydrogens is 306 g/mol. The average molecular weight is 322 g/mol. The molecule has 0 heterocycles. The van der Waals surface area contributed by atoms with Crippen molar-refractivity contribution in [3.63, 3.8) is 0 Å². The van der Waals surface area contributed by atoms with E-state index in [1.165, 1.54) is 6.07 Å². The summed E-state index contributed by atoms with van der Waals surface area (Å²) in [5.41, 5.74) is 0.184. The number of carboxylic acid groups (broad SMARTS) is 1. The van der Waals surface area contributed by atoms with Gasteiger partial charge in [0.25, 0.3) is 10.1 Å². The van der Waals surface area contributed by atoms with E-state index in [9.17, 15) is 22.0 Å². The summed E-state index contributed by atoms with van der Waals surface area (Å²) in [7, 11) is -3.67. The lowest BCUT2D eigenvalue weighted by Crippen LogP contribution is -2.17. The van der Waals surface area contributed by atoms with Crippen molar-refractivity contribution in [3.8, 4) is 0 Å². The Bertz CT molecular complexity index is 601. The summed E-state index contributed by atoms with van der Waals surface area (Å²) in [5.74, 6) is -3.02. The molecule has 1 aromatic rings. The molecule has 0 aliphatic heterocycles. The normalized spacial score (nSPS) is 13.1. The van der Waals surface area contributed by atoms with Crippen molar-refractivity contribution in [2.24, 2.45) is 5.92 Å². The van der Waals surface area contributed by atoms with Gasteiger partial charge in [0, 0.05) is 12.5 Å². The van der Waals surface area contributed by atoms with E-state index in [1.807, 2.05) is 0 Å². The summed E-state index contributed by atoms with van der Waals surface area (Å²) in [5, 5.41) is 8.66. The monoisotopic (exact) mass is 322 g/mol. The predicted molar refractivity (Wildman–Crippen MR) is 71.2 cm³/mol. The fraction of sp³-hybridized carbons (Fsp3) is 0.462. The summed E-state index contributed by atoms with van der Waals surface area (Å²) in [6.45, 7) is -0.247. The first-order valence-electron chi connectivity index (χ1n) is 6.17. The Kier molecular flexibility index (Phi) is 6.22. The van der Waals surface area contributed by atoms with E-state index in [0.717, 1.165) is 18.4 Å². The molecule has 0 amide bonds. The van der Waals surface area contributed by atoms with Crippen LogP contribution in [0, 0.1) is 17.6 Å². The van der Waals surface area contributed by atoms with Crippen LogP contribution < -0.4 is 0 Å². The van der Waals surface area contributed by atoms with Crippen molar-refractivity contribution >= 4 is 16.1 Å². The average Bonchev–Trinajstić information content (AvgIpc) is 2.34. The van der Waals surface area contributed by atoms with Crippen molar-refractivity contribution in [1.82, 2.24) is 0 Å². The molecular formula is C13H16F2O5S. The van der Waals surface area contributed by atoms with Crippen LogP contribution in [0.1, 0.15) is 18.4 Å². The van der Waals surface area contributed by atoms with E-state index in [4.69, 9.17) is 5.11 Å². The smallest absolute Gasteiger partial charge is 0.303 e. The van der Waals surface area contributed by atoms with E-state index >= 15 is 0 Å². The van der Waals surface area contributed by atoms with Gasteiger partial charge in [-0.25, -0.2) is 8.78 Å². The van der Waals surface area contributed by atoms with E-state index in [0.29, 0.717) is 0 Å². The van der Waals surface area contributed by atoms with E-state index < -0.39 is 33.6 Å². The van der Waals surface area contributed by atoms with Crippen LogP contribution in [0.5, 0.6) is 0 Å². The zero-order valence-electron chi connectivity index (χ0n) is 11.4. The van der Waals surface area contributed by atoms with Crippen molar-refractivity contribution in [2.75, 3.05) is 12.9 Å². The molecule has 21 heavy (non-hydrogen) atoms. The second-order valence-electron chi connectivity index (χ2n) is 4.73. The maximum atomic E-state index is 13.6. The largest absolute Gasteiger partial charge is 0.481 e. The maximum absolute atomic E-state index is 13.6. The summed E-state index contributed by atoms with van der Waals surface area (Å²) < 4.78 is 53.0. The van der Waals surface area contributed by atoms with Crippen LogP contribution >= 0.6 is 0 Å². The highest BCUT2D eigenvalue weighted by Gasteiger charge is 2.17. The highest BCUT2D eigenvalue weighted by molar-refractivity contribution is 7.85. The summed E-state index contributed by atoms with van der Waals surface area (Å²) in [4.78, 5) is 10.6. The second-order valence-corrected chi connectivity index (χ2v) is 6.37. The minimum atomic E-state index is -3.67. The van der Waals surface area contributed by atoms with E-state index in [-0.39, 0.29) is 31.4 Å². The summed E-state index contributed by atoms with van der Waals surface area (Å²) in [6, 6.07) is 3.06. The first kappa shape index (κ1) is 17.5. The molecule has 0 aromatic heterocycles. The van der Waals surface area contributed by atoms with E-state index in [2.05, 4.69) is 4.18 Å². The zero-order chi connectivity index (χ0) is 16.0. The fourth-order valence-electron chi connectivity index (χ4n) is 1.79. The van der Waals surface area contributed by atoms with Crippen LogP contribution in [-0.2, 0) is 25.5 Å². The predicted octanol–water partition coefficient (Wildman–Crippen LogP) is 1.96. The Morgan fingerprint density at radius 2 is 2.05 bits per heavy atom. The Morgan fingerprint density at radius 3 is 2.57 bits per heavy atom. The Morgan fingerprint density at radius 1 is 1.38 bits per heavy atom. The van der Waals surface area contributed by atoms with Gasteiger partial charge in [-0.15, -0.1) is 0 Å². The number of carbonyl (C=O) groups is 1. The lowest BCUT2D eigenvalue weighted by Gasteiger charge is -2.16. The number of aliphatic carboxylic acids is 1. The van der Waals surface area contributed by atoms with Crippen LogP contribution in [0.25, 0.3) is 0 Å². The molecule has 0 fully saturated rings. The quantitative estimate of drug-likeness (QED) is 0.740. The van der Waals surface area contributed by atoms with Gasteiger partial charge in [0.1, 0.15) is 11.6 Å². The third-order valence-corrected chi connectivity index (χ3v) is 3.37. The molecule has 1 aromatic carbocycles. The van der Waals surface area contributed by atoms with Crippen LogP contribution in [-0.4, -0.2) is 32.4 Å². The molecule has 8 heteroatoms. The molecule has 0 aliphatic carbocycles. The Hall–Kier alpha value is -1.54. The van der Waals surface area contributed by atoms with Gasteiger partial charge >= 0.3 is 5.97 Å². The molecule has 0 aliphatic rings. The summed E-state index contributed by atoms with van der Waals surface area (Å²) >= 11 is 0. The summed E-state index contributed by atoms with van der Waals surface area (Å²) in [6.07, 6.45) is 0.872. The van der Waals surface area contributed by atoms with Crippen LogP contribution in [0.15, 0.2) is 18.2 Å². The topological polar surface area (TPSA) is 80.7 Å². The van der Waals surface area contributed by atoms with Crippen molar-refractivity contribution in [3.05, 3.63) is 35.4 Å². The van der Waals surface area contributed by atoms with Gasteiger partial charge in [-0.05, 0) is 30.4 Å². The van der Waals surface area contributed by atoms with Gasteiger partial charge < -0.3 is 5.11 Å². The van der Waals surface area contributed by atoms with Gasteiger partial charge in [0.15, 0.2) is 0 Å². The number of carboxylic acids is 1. The lowest BCUT2D eigenvalue weighted by atomic mass is 9.95. The number of benzene rings is 1. The van der Waals surface area contributed by atoms with Crippen molar-refractivity contribution < 1.29 is 31.3 Å². The fourth-order valence-corrected chi connectivity index (χ4v) is 2.23. The molecule has 0 radical (unpaired) electrons. The molecule has 1 atom stereocenters. The molecule has 1 N–H and O–H groups in total. The molecule has 0 bridgehead atoms. The Balaban J connectivity index is 2.77. The van der Waals surface area contributed by atoms with Crippen molar-refractivity contribution in [1.29, 1.82) is 0 Å². The molecule has 1 rings (SSSR count). The van der Waals surface area contributed by atoms with Gasteiger partial charge in [0.05, 0.1) is 12.9 Å². The molecule has 118 valence electrons. The highest BCUT2D eigenvalue weighted by Crippen LogP contribution is 2.19. The number of halogens is 2. The molecule has 0 spiro atoms. The maximum Gasteiger partial charge on any atom is 0.303 e. The first-order valence-corrected chi connectivity index (χ1v) is 7.99. The number of rotatable bonds is 8. The SMILES string of the molecule is CS(=O)(=O)OCC(CCC(=O)O)Cc1ccc(F)cc1F. The van der Waals surface area contributed by atoms with Gasteiger partial charge in [-0.1, -0.05) is 6.07 Å². The van der Waals surface area contributed by atoms with Gasteiger partial charge in [-0.3, -0.25) is 8.98 Å². The Labute approximate surface area is 121 Å². The number of hydrogen-bond donors (Lipinski definition) is 1. The molecule has 0 saturated heterocycles. The first-order chi connectivity index (χ1) is 9.67. The lowest BCUT2D eigenvalue weighted by molar-refractivity contribution is -0.137. The standard InChI is InChI=1S/C13H16F2O5S/c1-21(18,19)20-8-9(2-5-13(16)17)6-10-3-4-11(14)7-12(10)15/h3-4,7,9H,2,5-6,8H2,1H3,(H,16,17). The van der Waals surface area contributed by atoms with Crippen LogP contribution in [0.3, 0.4) is 0 Å². The zero-order valence-corrected chi connectivity index (χ0v) is 12.2. The highest BCUT2D eigenvalue weighted by atomic mass is 32.2. The second kappa shape index (κ2) is 7.46. The molecule has 1 unspecified atom stereocenters. The molecule has 0 saturated carbocycles. The van der Waals surface area contributed by atoms with Crippen LogP contribution in [0.2, 0.25) is 0 Å². The minimum Gasteiger partial charge on any atom is -0.481 e. The minimum absolute atomic E-state index is 0.0644. The van der Waals surface area contributed by atoms with Crippen LogP contribution in [0.4, 0.5) is 8.78 Å². The third kappa shape index (κ3) is 7.14. The molecule has 5 nitrogen and oxygen atoms in total. The van der Waals surface area contributed by atoms with Crippen molar-refractivity contribution in [2.45, 2.75) is 19.3 Å². The third-order valence-electron chi connectivity index (χ3n) is 2.81. The number of hydrogen-bond acceptors (Lipinski definition) is 4. The van der Waals surface area contributed by atoms with Gasteiger partial charge in [0.2, 0.25) is 0 Å².